The van der Waals surface area contributed by atoms with Crippen molar-refractivity contribution in [2.24, 2.45) is 0 Å². The third kappa shape index (κ3) is 1.81. The van der Waals surface area contributed by atoms with Gasteiger partial charge in [-0.2, -0.15) is 10.4 Å². The van der Waals surface area contributed by atoms with Crippen molar-refractivity contribution in [3.8, 4) is 6.07 Å². The first-order valence-electron chi connectivity index (χ1n) is 3.76. The monoisotopic (exact) mass is 149 g/mol. The van der Waals surface area contributed by atoms with Crippen LogP contribution in [0, 0.1) is 11.3 Å². The Bertz CT molecular complexity index is 257. The molecule has 0 bridgehead atoms. The Kier molecular flexibility index (Phi) is 2.67. The molecule has 1 N–H and O–H groups in total. The van der Waals surface area contributed by atoms with Crippen molar-refractivity contribution in [2.75, 3.05) is 0 Å². The number of nitriles is 1. The van der Waals surface area contributed by atoms with E-state index in [-0.39, 0.29) is 0 Å². The molecule has 1 rings (SSSR count). The first kappa shape index (κ1) is 7.80. The summed E-state index contributed by atoms with van der Waals surface area (Å²) in [6.45, 7) is 2.07. The van der Waals surface area contributed by atoms with Crippen LogP contribution in [0.2, 0.25) is 0 Å². The Balaban J connectivity index is 2.62. The van der Waals surface area contributed by atoms with Crippen LogP contribution in [0.1, 0.15) is 24.6 Å². The molecule has 0 aromatic carbocycles. The first-order valence-corrected chi connectivity index (χ1v) is 3.76. The molecule has 1 aromatic heterocycles. The average molecular weight is 149 g/mol. The van der Waals surface area contributed by atoms with Crippen molar-refractivity contribution >= 4 is 0 Å². The van der Waals surface area contributed by atoms with Crippen LogP contribution in [0.3, 0.4) is 0 Å². The van der Waals surface area contributed by atoms with Gasteiger partial charge >= 0.3 is 0 Å². The molecule has 11 heavy (non-hydrogen) atoms. The van der Waals surface area contributed by atoms with Crippen LogP contribution in [-0.4, -0.2) is 10.2 Å². The average Bonchev–Trinajstić information content (AvgIpc) is 2.47. The van der Waals surface area contributed by atoms with Gasteiger partial charge in [-0.25, -0.2) is 0 Å². The first-order chi connectivity index (χ1) is 5.38. The molecule has 3 heteroatoms. The minimum Gasteiger partial charge on any atom is -0.282 e. The highest BCUT2D eigenvalue weighted by Crippen LogP contribution is 2.07. The summed E-state index contributed by atoms with van der Waals surface area (Å²) in [5, 5.41) is 15.2. The maximum Gasteiger partial charge on any atom is 0.0625 e. The Morgan fingerprint density at radius 2 is 2.55 bits per heavy atom. The largest absolute Gasteiger partial charge is 0.282 e. The van der Waals surface area contributed by atoms with Gasteiger partial charge in [-0.05, 0) is 18.4 Å². The normalized spacial score (nSPS) is 9.45. The second-order valence-corrected chi connectivity index (χ2v) is 2.39. The third-order valence-electron chi connectivity index (χ3n) is 1.67. The molecular formula is C8H11N3. The smallest absolute Gasteiger partial charge is 0.0625 e. The van der Waals surface area contributed by atoms with E-state index < -0.39 is 0 Å². The van der Waals surface area contributed by atoms with Crippen LogP contribution in [0.25, 0.3) is 0 Å². The third-order valence-corrected chi connectivity index (χ3v) is 1.67. The molecule has 0 aliphatic carbocycles. The van der Waals surface area contributed by atoms with Crippen molar-refractivity contribution in [3.63, 3.8) is 0 Å². The SMILES string of the molecule is CCc1[nH]ncc1CCC#N. The van der Waals surface area contributed by atoms with Gasteiger partial charge in [0.15, 0.2) is 0 Å². The summed E-state index contributed by atoms with van der Waals surface area (Å²) in [5.74, 6) is 0. The molecule has 0 aliphatic heterocycles. The van der Waals surface area contributed by atoms with E-state index >= 15 is 0 Å². The number of hydrogen-bond donors (Lipinski definition) is 1. The highest BCUT2D eigenvalue weighted by atomic mass is 15.1. The number of H-pyrrole nitrogens is 1. The lowest BCUT2D eigenvalue weighted by Gasteiger charge is -1.94. The molecule has 1 aromatic rings. The van der Waals surface area contributed by atoms with Crippen molar-refractivity contribution < 1.29 is 0 Å². The summed E-state index contributed by atoms with van der Waals surface area (Å²) in [6.07, 6.45) is 4.15. The summed E-state index contributed by atoms with van der Waals surface area (Å²) in [5.41, 5.74) is 2.33. The van der Waals surface area contributed by atoms with Gasteiger partial charge in [0.2, 0.25) is 0 Å². The Hall–Kier alpha value is -1.30. The minimum atomic E-state index is 0.576. The van der Waals surface area contributed by atoms with E-state index in [1.165, 1.54) is 5.56 Å². The van der Waals surface area contributed by atoms with Gasteiger partial charge in [-0.1, -0.05) is 6.92 Å². The summed E-state index contributed by atoms with van der Waals surface area (Å²) in [7, 11) is 0. The van der Waals surface area contributed by atoms with Crippen LogP contribution in [0.5, 0.6) is 0 Å². The predicted octanol–water partition coefficient (Wildman–Crippen LogP) is 1.43. The predicted molar refractivity (Wildman–Crippen MR) is 41.9 cm³/mol. The fourth-order valence-corrected chi connectivity index (χ4v) is 1.05. The van der Waals surface area contributed by atoms with Gasteiger partial charge in [0.1, 0.15) is 0 Å². The van der Waals surface area contributed by atoms with Gasteiger partial charge in [0.25, 0.3) is 0 Å². The number of aryl methyl sites for hydroxylation is 2. The van der Waals surface area contributed by atoms with Crippen LogP contribution in [0.4, 0.5) is 0 Å². The number of aromatic nitrogens is 2. The lowest BCUT2D eigenvalue weighted by atomic mass is 10.1. The molecule has 0 spiro atoms. The van der Waals surface area contributed by atoms with E-state index in [2.05, 4.69) is 23.2 Å². The summed E-state index contributed by atoms with van der Waals surface area (Å²) < 4.78 is 0. The molecular weight excluding hydrogens is 138 g/mol. The van der Waals surface area contributed by atoms with Crippen LogP contribution >= 0.6 is 0 Å². The van der Waals surface area contributed by atoms with Crippen molar-refractivity contribution in [1.29, 1.82) is 5.26 Å². The number of hydrogen-bond acceptors (Lipinski definition) is 2. The lowest BCUT2D eigenvalue weighted by Crippen LogP contribution is -1.88. The maximum absolute atomic E-state index is 8.35. The Morgan fingerprint density at radius 3 is 3.18 bits per heavy atom. The standard InChI is InChI=1S/C8H11N3/c1-2-8-7(4-3-5-9)6-10-11-8/h6H,2-4H2,1H3,(H,10,11). The molecule has 0 unspecified atom stereocenters. The summed E-state index contributed by atoms with van der Waals surface area (Å²) in [6, 6.07) is 2.12. The molecule has 3 nitrogen and oxygen atoms in total. The highest BCUT2D eigenvalue weighted by Gasteiger charge is 2.00. The van der Waals surface area contributed by atoms with E-state index in [1.54, 1.807) is 6.20 Å². The summed E-state index contributed by atoms with van der Waals surface area (Å²) in [4.78, 5) is 0. The molecule has 0 amide bonds. The second-order valence-electron chi connectivity index (χ2n) is 2.39. The number of aromatic amines is 1. The van der Waals surface area contributed by atoms with Gasteiger partial charge in [0, 0.05) is 12.1 Å². The van der Waals surface area contributed by atoms with Crippen LogP contribution in [-0.2, 0) is 12.8 Å². The van der Waals surface area contributed by atoms with E-state index in [9.17, 15) is 0 Å². The topological polar surface area (TPSA) is 52.5 Å². The zero-order valence-electron chi connectivity index (χ0n) is 6.59. The Morgan fingerprint density at radius 1 is 1.73 bits per heavy atom. The van der Waals surface area contributed by atoms with E-state index in [0.29, 0.717) is 6.42 Å². The van der Waals surface area contributed by atoms with Crippen LogP contribution in [0.15, 0.2) is 6.20 Å². The molecule has 0 atom stereocenters. The highest BCUT2D eigenvalue weighted by molar-refractivity contribution is 5.16. The molecule has 0 radical (unpaired) electrons. The Labute approximate surface area is 66.0 Å². The van der Waals surface area contributed by atoms with Gasteiger partial charge in [0.05, 0.1) is 12.3 Å². The number of nitrogens with zero attached hydrogens (tertiary/aromatic N) is 2. The minimum absolute atomic E-state index is 0.576. The zero-order chi connectivity index (χ0) is 8.10. The quantitative estimate of drug-likeness (QED) is 0.706. The molecule has 58 valence electrons. The van der Waals surface area contributed by atoms with Crippen molar-refractivity contribution in [1.82, 2.24) is 10.2 Å². The lowest BCUT2D eigenvalue weighted by molar-refractivity contribution is 0.936. The molecule has 1 heterocycles. The van der Waals surface area contributed by atoms with E-state index in [0.717, 1.165) is 18.5 Å². The van der Waals surface area contributed by atoms with E-state index in [4.69, 9.17) is 5.26 Å². The fraction of sp³-hybridized carbons (Fsp3) is 0.500. The molecule has 0 saturated carbocycles. The van der Waals surface area contributed by atoms with Gasteiger partial charge in [-0.15, -0.1) is 0 Å². The number of rotatable bonds is 3. The van der Waals surface area contributed by atoms with Gasteiger partial charge < -0.3 is 0 Å². The van der Waals surface area contributed by atoms with Crippen molar-refractivity contribution in [3.05, 3.63) is 17.5 Å². The second kappa shape index (κ2) is 3.77. The summed E-state index contributed by atoms with van der Waals surface area (Å²) >= 11 is 0. The fourth-order valence-electron chi connectivity index (χ4n) is 1.05. The molecule has 0 fully saturated rings. The molecule has 0 saturated heterocycles. The molecule has 0 aliphatic rings. The number of nitrogens with one attached hydrogen (secondary N) is 1. The maximum atomic E-state index is 8.35. The van der Waals surface area contributed by atoms with Crippen LogP contribution < -0.4 is 0 Å². The zero-order valence-corrected chi connectivity index (χ0v) is 6.59. The van der Waals surface area contributed by atoms with Gasteiger partial charge in [-0.3, -0.25) is 5.10 Å². The van der Waals surface area contributed by atoms with E-state index in [1.807, 2.05) is 0 Å². The van der Waals surface area contributed by atoms with Crippen molar-refractivity contribution in [2.45, 2.75) is 26.2 Å².